The van der Waals surface area contributed by atoms with Crippen LogP contribution in [0.5, 0.6) is 11.5 Å². The smallest absolute Gasteiger partial charge is 0.163 e. The van der Waals surface area contributed by atoms with E-state index in [1.54, 1.807) is 14.2 Å². The SMILES string of the molecule is CCCCCC=CCC=CCCCCCCCc1cccc(OC)c1OC. The summed E-state index contributed by atoms with van der Waals surface area (Å²) in [6.07, 6.45) is 24.3. The third-order valence-corrected chi connectivity index (χ3v) is 4.88. The van der Waals surface area contributed by atoms with Crippen molar-refractivity contribution in [2.45, 2.75) is 84.0 Å². The Labute approximate surface area is 167 Å². The molecule has 1 aromatic carbocycles. The average Bonchev–Trinajstić information content (AvgIpc) is 2.70. The number of rotatable bonds is 16. The number of ether oxygens (including phenoxy) is 2. The summed E-state index contributed by atoms with van der Waals surface area (Å²) in [5.41, 5.74) is 1.25. The zero-order chi connectivity index (χ0) is 19.6. The van der Waals surface area contributed by atoms with E-state index in [1.807, 2.05) is 12.1 Å². The Balaban J connectivity index is 2.03. The van der Waals surface area contributed by atoms with E-state index in [0.717, 1.165) is 24.3 Å². The van der Waals surface area contributed by atoms with Crippen molar-refractivity contribution in [2.75, 3.05) is 14.2 Å². The molecule has 0 spiro atoms. The molecule has 0 radical (unpaired) electrons. The number of methoxy groups -OCH3 is 2. The van der Waals surface area contributed by atoms with Gasteiger partial charge in [-0.3, -0.25) is 0 Å². The van der Waals surface area contributed by atoms with Gasteiger partial charge in [0.25, 0.3) is 0 Å². The molecule has 0 atom stereocenters. The van der Waals surface area contributed by atoms with Crippen molar-refractivity contribution >= 4 is 0 Å². The van der Waals surface area contributed by atoms with E-state index in [1.165, 1.54) is 69.8 Å². The van der Waals surface area contributed by atoms with Gasteiger partial charge in [0.15, 0.2) is 11.5 Å². The monoisotopic (exact) mass is 372 g/mol. The van der Waals surface area contributed by atoms with Gasteiger partial charge in [-0.2, -0.15) is 0 Å². The molecule has 152 valence electrons. The summed E-state index contributed by atoms with van der Waals surface area (Å²) in [7, 11) is 3.41. The third-order valence-electron chi connectivity index (χ3n) is 4.88. The van der Waals surface area contributed by atoms with Crippen LogP contribution in [-0.2, 0) is 6.42 Å². The molecule has 1 rings (SSSR count). The second-order valence-electron chi connectivity index (χ2n) is 7.13. The van der Waals surface area contributed by atoms with Crippen LogP contribution in [0.3, 0.4) is 0 Å². The van der Waals surface area contributed by atoms with Gasteiger partial charge in [0.1, 0.15) is 0 Å². The van der Waals surface area contributed by atoms with Crippen LogP contribution in [0.1, 0.15) is 83.1 Å². The first kappa shape index (κ1) is 23.3. The normalized spacial score (nSPS) is 11.5. The third kappa shape index (κ3) is 10.9. The molecule has 0 amide bonds. The minimum absolute atomic E-state index is 0.831. The van der Waals surface area contributed by atoms with Gasteiger partial charge in [-0.05, 0) is 56.6 Å². The number of hydrogen-bond donors (Lipinski definition) is 0. The van der Waals surface area contributed by atoms with E-state index in [4.69, 9.17) is 9.47 Å². The van der Waals surface area contributed by atoms with Gasteiger partial charge in [0.2, 0.25) is 0 Å². The molecule has 0 unspecified atom stereocenters. The zero-order valence-corrected chi connectivity index (χ0v) is 17.8. The molecule has 0 aliphatic rings. The molecule has 0 heterocycles. The van der Waals surface area contributed by atoms with Crippen molar-refractivity contribution in [3.8, 4) is 11.5 Å². The van der Waals surface area contributed by atoms with E-state index < -0.39 is 0 Å². The topological polar surface area (TPSA) is 18.5 Å². The highest BCUT2D eigenvalue weighted by Crippen LogP contribution is 2.31. The maximum atomic E-state index is 5.50. The molecule has 0 saturated heterocycles. The van der Waals surface area contributed by atoms with Crippen molar-refractivity contribution in [2.24, 2.45) is 0 Å². The van der Waals surface area contributed by atoms with Crippen LogP contribution in [0, 0.1) is 0 Å². The quantitative estimate of drug-likeness (QED) is 0.219. The molecule has 2 nitrogen and oxygen atoms in total. The molecule has 0 N–H and O–H groups in total. The second-order valence-corrected chi connectivity index (χ2v) is 7.13. The summed E-state index contributed by atoms with van der Waals surface area (Å²) < 4.78 is 10.9. The highest BCUT2D eigenvalue weighted by Gasteiger charge is 2.08. The Morgan fingerprint density at radius 1 is 0.741 bits per heavy atom. The summed E-state index contributed by atoms with van der Waals surface area (Å²) in [5.74, 6) is 1.72. The van der Waals surface area contributed by atoms with Gasteiger partial charge in [0.05, 0.1) is 14.2 Å². The van der Waals surface area contributed by atoms with Crippen LogP contribution < -0.4 is 9.47 Å². The van der Waals surface area contributed by atoms with Crippen LogP contribution in [0.4, 0.5) is 0 Å². The highest BCUT2D eigenvalue weighted by atomic mass is 16.5. The lowest BCUT2D eigenvalue weighted by molar-refractivity contribution is 0.351. The fraction of sp³-hybridized carbons (Fsp3) is 0.600. The molecule has 2 heteroatoms. The van der Waals surface area contributed by atoms with Crippen molar-refractivity contribution in [1.29, 1.82) is 0 Å². The summed E-state index contributed by atoms with van der Waals surface area (Å²) in [5, 5.41) is 0. The van der Waals surface area contributed by atoms with Crippen molar-refractivity contribution < 1.29 is 9.47 Å². The number of benzene rings is 1. The molecule has 0 aliphatic heterocycles. The zero-order valence-electron chi connectivity index (χ0n) is 17.8. The Kier molecular flexibility index (Phi) is 14.2. The van der Waals surface area contributed by atoms with Crippen LogP contribution in [0.2, 0.25) is 0 Å². The largest absolute Gasteiger partial charge is 0.493 e. The Bertz CT molecular complexity index is 531. The average molecular weight is 373 g/mol. The number of aryl methyl sites for hydroxylation is 1. The lowest BCUT2D eigenvalue weighted by atomic mass is 10.0. The number of allylic oxidation sites excluding steroid dienone is 4. The molecule has 1 aromatic rings. The van der Waals surface area contributed by atoms with Gasteiger partial charge >= 0.3 is 0 Å². The minimum atomic E-state index is 0.831. The molecule has 0 aromatic heterocycles. The van der Waals surface area contributed by atoms with Crippen molar-refractivity contribution in [3.05, 3.63) is 48.1 Å². The van der Waals surface area contributed by atoms with E-state index in [0.29, 0.717) is 0 Å². The molecule has 0 aliphatic carbocycles. The van der Waals surface area contributed by atoms with Gasteiger partial charge in [0, 0.05) is 0 Å². The van der Waals surface area contributed by atoms with E-state index >= 15 is 0 Å². The first-order valence-electron chi connectivity index (χ1n) is 10.8. The predicted molar refractivity (Wildman–Crippen MR) is 118 cm³/mol. The van der Waals surface area contributed by atoms with Gasteiger partial charge < -0.3 is 9.47 Å². The van der Waals surface area contributed by atoms with Crippen molar-refractivity contribution in [3.63, 3.8) is 0 Å². The minimum Gasteiger partial charge on any atom is -0.493 e. The maximum absolute atomic E-state index is 5.50. The summed E-state index contributed by atoms with van der Waals surface area (Å²) in [6, 6.07) is 6.14. The van der Waals surface area contributed by atoms with Crippen LogP contribution in [0.15, 0.2) is 42.5 Å². The first-order valence-corrected chi connectivity index (χ1v) is 10.8. The molecule has 0 saturated carbocycles. The first-order chi connectivity index (χ1) is 13.3. The summed E-state index contributed by atoms with van der Waals surface area (Å²) >= 11 is 0. The van der Waals surface area contributed by atoms with Crippen LogP contribution in [0.25, 0.3) is 0 Å². The lowest BCUT2D eigenvalue weighted by Crippen LogP contribution is -1.96. The number of para-hydroxylation sites is 1. The highest BCUT2D eigenvalue weighted by molar-refractivity contribution is 5.46. The van der Waals surface area contributed by atoms with Gasteiger partial charge in [-0.1, -0.05) is 75.5 Å². The summed E-state index contributed by atoms with van der Waals surface area (Å²) in [4.78, 5) is 0. The van der Waals surface area contributed by atoms with Crippen molar-refractivity contribution in [1.82, 2.24) is 0 Å². The Morgan fingerprint density at radius 3 is 2.07 bits per heavy atom. The van der Waals surface area contributed by atoms with E-state index in [9.17, 15) is 0 Å². The maximum Gasteiger partial charge on any atom is 0.163 e. The molecular weight excluding hydrogens is 332 g/mol. The van der Waals surface area contributed by atoms with Crippen LogP contribution >= 0.6 is 0 Å². The number of hydrogen-bond acceptors (Lipinski definition) is 2. The molecular formula is C25H40O2. The fourth-order valence-corrected chi connectivity index (χ4v) is 3.28. The number of unbranched alkanes of at least 4 members (excludes halogenated alkanes) is 8. The Hall–Kier alpha value is -1.70. The summed E-state index contributed by atoms with van der Waals surface area (Å²) in [6.45, 7) is 2.25. The standard InChI is InChI=1S/C25H40O2/c1-4-5-6-7-8-9-10-11-12-13-14-15-16-17-18-20-23-21-19-22-24(26-2)25(23)27-3/h8-9,11-12,19,21-22H,4-7,10,13-18,20H2,1-3H3. The molecule has 0 bridgehead atoms. The predicted octanol–water partition coefficient (Wildman–Crippen LogP) is 7.67. The lowest BCUT2D eigenvalue weighted by Gasteiger charge is -2.12. The van der Waals surface area contributed by atoms with E-state index in [2.05, 4.69) is 37.3 Å². The molecule has 0 fully saturated rings. The van der Waals surface area contributed by atoms with Gasteiger partial charge in [-0.15, -0.1) is 0 Å². The molecule has 27 heavy (non-hydrogen) atoms. The second kappa shape index (κ2) is 16.5. The van der Waals surface area contributed by atoms with Gasteiger partial charge in [-0.25, -0.2) is 0 Å². The Morgan fingerprint density at radius 2 is 1.41 bits per heavy atom. The van der Waals surface area contributed by atoms with E-state index in [-0.39, 0.29) is 0 Å². The van der Waals surface area contributed by atoms with Crippen LogP contribution in [-0.4, -0.2) is 14.2 Å². The fourth-order valence-electron chi connectivity index (χ4n) is 3.28.